The number of rotatable bonds is 6. The Balaban J connectivity index is 0.000000630. The maximum atomic E-state index is 13.1. The number of morpholine rings is 1. The third-order valence-corrected chi connectivity index (χ3v) is 8.15. The number of halogens is 3. The van der Waals surface area contributed by atoms with Crippen LogP contribution in [0.4, 0.5) is 30.8 Å². The first-order valence-electron chi connectivity index (χ1n) is 16.0. The Labute approximate surface area is 285 Å². The molecule has 0 radical (unpaired) electrons. The number of alkyl halides is 3. The summed E-state index contributed by atoms with van der Waals surface area (Å²) in [4.78, 5) is 52.5. The van der Waals surface area contributed by atoms with Gasteiger partial charge in [0.15, 0.2) is 11.4 Å². The highest BCUT2D eigenvalue weighted by Gasteiger charge is 2.38. The van der Waals surface area contributed by atoms with Crippen LogP contribution in [0.15, 0.2) is 59.3 Å². The van der Waals surface area contributed by atoms with Gasteiger partial charge in [0.25, 0.3) is 11.8 Å². The molecule has 0 spiro atoms. The zero-order chi connectivity index (χ0) is 36.1. The van der Waals surface area contributed by atoms with E-state index in [4.69, 9.17) is 24.0 Å². The van der Waals surface area contributed by atoms with Gasteiger partial charge in [-0.15, -0.1) is 0 Å². The minimum absolute atomic E-state index is 0.0307. The van der Waals surface area contributed by atoms with E-state index in [2.05, 4.69) is 46.3 Å². The largest absolute Gasteiger partial charge is 0.490 e. The number of aliphatic carboxylic acids is 1. The van der Waals surface area contributed by atoms with Gasteiger partial charge in [-0.3, -0.25) is 9.59 Å². The lowest BCUT2D eigenvalue weighted by Crippen LogP contribution is -2.48. The van der Waals surface area contributed by atoms with Crippen molar-refractivity contribution in [1.29, 1.82) is 0 Å². The first-order valence-corrected chi connectivity index (χ1v) is 16.0. The van der Waals surface area contributed by atoms with Crippen molar-refractivity contribution >= 4 is 46.5 Å². The third-order valence-electron chi connectivity index (χ3n) is 8.15. The summed E-state index contributed by atoms with van der Waals surface area (Å²) in [6.45, 7) is 10.1. The van der Waals surface area contributed by atoms with Crippen LogP contribution in [0.5, 0.6) is 0 Å². The number of amides is 2. The molecule has 16 heteroatoms. The fraction of sp³-hybridized carbons (Fsp3) is 0.412. The summed E-state index contributed by atoms with van der Waals surface area (Å²) in [5, 5.41) is 13.5. The van der Waals surface area contributed by atoms with E-state index < -0.39 is 12.1 Å². The summed E-state index contributed by atoms with van der Waals surface area (Å²) < 4.78 is 42.9. The summed E-state index contributed by atoms with van der Waals surface area (Å²) >= 11 is 0. The van der Waals surface area contributed by atoms with Crippen LogP contribution >= 0.6 is 0 Å². The minimum atomic E-state index is -5.08. The Hall–Kier alpha value is -5.25. The molecule has 0 saturated carbocycles. The molecule has 2 aliphatic heterocycles. The molecule has 1 aromatic carbocycles. The van der Waals surface area contributed by atoms with E-state index in [-0.39, 0.29) is 23.3 Å². The normalized spacial score (nSPS) is 16.7. The molecule has 50 heavy (non-hydrogen) atoms. The highest BCUT2D eigenvalue weighted by Crippen LogP contribution is 2.30. The predicted octanol–water partition coefficient (Wildman–Crippen LogP) is 5.16. The quantitative estimate of drug-likeness (QED) is 0.244. The zero-order valence-corrected chi connectivity index (χ0v) is 27.8. The van der Waals surface area contributed by atoms with Gasteiger partial charge in [-0.2, -0.15) is 18.2 Å². The van der Waals surface area contributed by atoms with Gasteiger partial charge in [0.1, 0.15) is 11.3 Å². The zero-order valence-electron chi connectivity index (χ0n) is 27.8. The van der Waals surface area contributed by atoms with E-state index >= 15 is 0 Å². The van der Waals surface area contributed by atoms with E-state index in [1.54, 1.807) is 35.6 Å². The van der Waals surface area contributed by atoms with Crippen molar-refractivity contribution in [2.75, 3.05) is 49.6 Å². The number of ether oxygens (including phenoxy) is 1. The van der Waals surface area contributed by atoms with E-state index in [1.165, 1.54) is 5.56 Å². The van der Waals surface area contributed by atoms with E-state index in [1.807, 2.05) is 24.3 Å². The summed E-state index contributed by atoms with van der Waals surface area (Å²) in [7, 11) is 0. The molecule has 3 N–H and O–H groups in total. The van der Waals surface area contributed by atoms with Gasteiger partial charge in [0.2, 0.25) is 5.95 Å². The fourth-order valence-corrected chi connectivity index (χ4v) is 5.45. The molecular formula is C34H38F3N7O6. The molecule has 2 saturated heterocycles. The lowest BCUT2D eigenvalue weighted by atomic mass is 9.86. The Morgan fingerprint density at radius 3 is 2.24 bits per heavy atom. The van der Waals surface area contributed by atoms with Gasteiger partial charge >= 0.3 is 12.1 Å². The molecule has 1 unspecified atom stereocenters. The van der Waals surface area contributed by atoms with Gasteiger partial charge in [-0.1, -0.05) is 32.9 Å². The average molecular weight is 698 g/mol. The molecule has 266 valence electrons. The molecule has 2 amide bonds. The maximum absolute atomic E-state index is 13.1. The molecule has 0 bridgehead atoms. The molecule has 3 aromatic heterocycles. The Bertz CT molecular complexity index is 1800. The first-order chi connectivity index (χ1) is 23.7. The Morgan fingerprint density at radius 2 is 1.62 bits per heavy atom. The third kappa shape index (κ3) is 9.05. The van der Waals surface area contributed by atoms with Crippen molar-refractivity contribution in [2.24, 2.45) is 0 Å². The molecule has 0 aliphatic carbocycles. The van der Waals surface area contributed by atoms with Crippen LogP contribution in [-0.4, -0.2) is 94.4 Å². The summed E-state index contributed by atoms with van der Waals surface area (Å²) in [5.41, 5.74) is 3.65. The Morgan fingerprint density at radius 1 is 0.940 bits per heavy atom. The van der Waals surface area contributed by atoms with Crippen molar-refractivity contribution in [3.63, 3.8) is 0 Å². The molecule has 4 aromatic rings. The summed E-state index contributed by atoms with van der Waals surface area (Å²) in [6.07, 6.45) is -0.157. The monoisotopic (exact) mass is 697 g/mol. The molecule has 2 fully saturated rings. The number of carboxylic acid groups (broad SMARTS) is 1. The van der Waals surface area contributed by atoms with Gasteiger partial charge in [0.05, 0.1) is 25.0 Å². The molecular weight excluding hydrogens is 659 g/mol. The lowest BCUT2D eigenvalue weighted by Gasteiger charge is -2.34. The van der Waals surface area contributed by atoms with E-state index in [9.17, 15) is 22.8 Å². The van der Waals surface area contributed by atoms with Gasteiger partial charge < -0.3 is 34.7 Å². The van der Waals surface area contributed by atoms with Crippen LogP contribution in [0.25, 0.3) is 11.1 Å². The van der Waals surface area contributed by atoms with Crippen molar-refractivity contribution in [2.45, 2.75) is 51.2 Å². The number of fused-ring (bicyclic) bond motifs is 1. The number of benzene rings is 1. The molecule has 5 heterocycles. The smallest absolute Gasteiger partial charge is 0.475 e. The lowest BCUT2D eigenvalue weighted by molar-refractivity contribution is -0.192. The summed E-state index contributed by atoms with van der Waals surface area (Å²) in [5.74, 6) is -1.35. The number of pyridine rings is 1. The second-order valence-corrected chi connectivity index (χ2v) is 12.9. The SMILES string of the molecule is CC(C)(C)c1ccc(C(=O)NC2CCCN(c3nc(Nc4ccc(C(=O)N5CCOCC5)cn4)nc4ccoc34)C2)cc1.O=C(O)C(F)(F)F. The van der Waals surface area contributed by atoms with Crippen molar-refractivity contribution in [1.82, 2.24) is 25.2 Å². The van der Waals surface area contributed by atoms with Gasteiger partial charge in [-0.05, 0) is 48.1 Å². The van der Waals surface area contributed by atoms with Crippen LogP contribution in [0.2, 0.25) is 0 Å². The van der Waals surface area contributed by atoms with Crippen molar-refractivity contribution in [3.8, 4) is 0 Å². The van der Waals surface area contributed by atoms with Crippen LogP contribution in [0, 0.1) is 0 Å². The van der Waals surface area contributed by atoms with E-state index in [0.29, 0.717) is 72.7 Å². The number of hydrogen-bond donors (Lipinski definition) is 3. The average Bonchev–Trinajstić information content (AvgIpc) is 3.57. The highest BCUT2D eigenvalue weighted by molar-refractivity contribution is 5.95. The number of furan rings is 1. The number of aromatic nitrogens is 3. The maximum Gasteiger partial charge on any atom is 0.490 e. The first kappa shape index (κ1) is 36.0. The number of piperidine rings is 1. The highest BCUT2D eigenvalue weighted by atomic mass is 19.4. The molecule has 1 atom stereocenters. The number of carbonyl (C=O) groups is 3. The Kier molecular flexibility index (Phi) is 10.9. The van der Waals surface area contributed by atoms with Crippen molar-refractivity contribution in [3.05, 3.63) is 71.6 Å². The van der Waals surface area contributed by atoms with E-state index in [0.717, 1.165) is 19.4 Å². The number of anilines is 3. The van der Waals surface area contributed by atoms with Gasteiger partial charge in [0, 0.05) is 50.0 Å². The number of hydrogen-bond acceptors (Lipinski definition) is 10. The van der Waals surface area contributed by atoms with Crippen LogP contribution in [-0.2, 0) is 14.9 Å². The standard InChI is InChI=1S/C32H37N7O4.C2HF3O2/c1-32(2,3)23-9-6-21(7-10-23)29(40)34-24-5-4-13-39(20-24)28-27-25(12-16-43-27)35-31(37-28)36-26-11-8-22(19-33-26)30(41)38-14-17-42-18-15-38;3-2(4,5)1(6)7/h6-12,16,19,24H,4-5,13-15,17-18,20H2,1-3H3,(H,34,40)(H,33,35,36,37);(H,6,7). The summed E-state index contributed by atoms with van der Waals surface area (Å²) in [6, 6.07) is 13.1. The topological polar surface area (TPSA) is 163 Å². The van der Waals surface area contributed by atoms with Crippen LogP contribution in [0.3, 0.4) is 0 Å². The molecule has 13 nitrogen and oxygen atoms in total. The minimum Gasteiger partial charge on any atom is -0.475 e. The molecule has 2 aliphatic rings. The number of nitrogens with zero attached hydrogens (tertiary/aromatic N) is 5. The number of carboxylic acids is 1. The predicted molar refractivity (Wildman–Crippen MR) is 178 cm³/mol. The van der Waals surface area contributed by atoms with Crippen molar-refractivity contribution < 1.29 is 41.8 Å². The van der Waals surface area contributed by atoms with Gasteiger partial charge in [-0.25, -0.2) is 14.8 Å². The second kappa shape index (κ2) is 15.1. The molecule has 6 rings (SSSR count). The second-order valence-electron chi connectivity index (χ2n) is 12.9. The fourth-order valence-electron chi connectivity index (χ4n) is 5.45. The van der Waals surface area contributed by atoms with Crippen LogP contribution < -0.4 is 15.5 Å². The number of nitrogens with one attached hydrogen (secondary N) is 2. The number of carbonyl (C=O) groups excluding carboxylic acids is 2. The van der Waals surface area contributed by atoms with Crippen LogP contribution in [0.1, 0.15) is 59.9 Å².